The second kappa shape index (κ2) is 7.55. The Morgan fingerprint density at radius 1 is 1.40 bits per heavy atom. The minimum atomic E-state index is 1.26. The molecule has 0 amide bonds. The van der Waals surface area contributed by atoms with Crippen LogP contribution in [-0.4, -0.2) is 12.5 Å². The molecule has 2 heteroatoms. The van der Waals surface area contributed by atoms with Crippen LogP contribution in [0.4, 0.5) is 0 Å². The summed E-state index contributed by atoms with van der Waals surface area (Å²) in [5.74, 6) is 0. The third kappa shape index (κ3) is 5.24. The van der Waals surface area contributed by atoms with E-state index in [1.807, 2.05) is 11.8 Å². The van der Waals surface area contributed by atoms with E-state index in [1.54, 1.807) is 11.8 Å². The van der Waals surface area contributed by atoms with Crippen LogP contribution in [0, 0.1) is 0 Å². The predicted octanol–water partition coefficient (Wildman–Crippen LogP) is 3.74. The summed E-state index contributed by atoms with van der Waals surface area (Å²) in [4.78, 5) is 1.52. The molecule has 0 heterocycles. The predicted molar refractivity (Wildman–Crippen MR) is 54.6 cm³/mol. The van der Waals surface area contributed by atoms with Crippen molar-refractivity contribution in [2.24, 2.45) is 0 Å². The molecule has 0 aromatic rings. The lowest BCUT2D eigenvalue weighted by Crippen LogP contribution is -1.75. The molecule has 0 spiro atoms. The fourth-order valence-corrected chi connectivity index (χ4v) is 2.09. The summed E-state index contributed by atoms with van der Waals surface area (Å²) in [5, 5.41) is 2.25. The molecule has 0 nitrogen and oxygen atoms in total. The van der Waals surface area contributed by atoms with Crippen molar-refractivity contribution >= 4 is 23.5 Å². The Bertz CT molecular complexity index is 97.4. The topological polar surface area (TPSA) is 0 Å². The van der Waals surface area contributed by atoms with Gasteiger partial charge in [0.25, 0.3) is 0 Å². The van der Waals surface area contributed by atoms with Gasteiger partial charge in [0.15, 0.2) is 0 Å². The summed E-state index contributed by atoms with van der Waals surface area (Å²) in [6.07, 6.45) is 8.15. The zero-order valence-electron chi connectivity index (χ0n) is 7.02. The first-order chi connectivity index (χ1) is 4.85. The molecule has 0 atom stereocenters. The minimum absolute atomic E-state index is 1.26. The first kappa shape index (κ1) is 10.4. The number of allylic oxidation sites excluding steroid dienone is 1. The molecule has 10 heavy (non-hydrogen) atoms. The fourth-order valence-electron chi connectivity index (χ4n) is 0.692. The largest absolute Gasteiger partial charge is 0.137 e. The van der Waals surface area contributed by atoms with E-state index in [2.05, 4.69) is 24.8 Å². The highest BCUT2D eigenvalue weighted by Crippen LogP contribution is 2.21. The number of rotatable bonds is 5. The van der Waals surface area contributed by atoms with Crippen molar-refractivity contribution < 1.29 is 0 Å². The van der Waals surface area contributed by atoms with Gasteiger partial charge in [0.1, 0.15) is 0 Å². The van der Waals surface area contributed by atoms with Crippen LogP contribution in [0.1, 0.15) is 26.2 Å². The summed E-state index contributed by atoms with van der Waals surface area (Å²) in [6, 6.07) is 0. The maximum absolute atomic E-state index is 2.25. The Balaban J connectivity index is 3.49. The molecular weight excluding hydrogens is 160 g/mol. The highest BCUT2D eigenvalue weighted by molar-refractivity contribution is 8.05. The highest BCUT2D eigenvalue weighted by atomic mass is 32.2. The van der Waals surface area contributed by atoms with Crippen molar-refractivity contribution in [3.8, 4) is 0 Å². The monoisotopic (exact) mass is 176 g/mol. The van der Waals surface area contributed by atoms with Crippen molar-refractivity contribution in [3.63, 3.8) is 0 Å². The lowest BCUT2D eigenvalue weighted by atomic mass is 10.2. The molecule has 0 aliphatic carbocycles. The maximum atomic E-state index is 2.25. The SMILES string of the molecule is CCCCC(=CSC)SC. The molecule has 0 aliphatic rings. The molecular formula is C8H16S2. The normalized spacial score (nSPS) is 12.1. The zero-order valence-corrected chi connectivity index (χ0v) is 8.65. The van der Waals surface area contributed by atoms with Gasteiger partial charge < -0.3 is 0 Å². The van der Waals surface area contributed by atoms with Gasteiger partial charge in [-0.3, -0.25) is 0 Å². The van der Waals surface area contributed by atoms with Crippen LogP contribution in [0.3, 0.4) is 0 Å². The van der Waals surface area contributed by atoms with Crippen LogP contribution >= 0.6 is 23.5 Å². The first-order valence-electron chi connectivity index (χ1n) is 3.61. The maximum Gasteiger partial charge on any atom is -0.00922 e. The van der Waals surface area contributed by atoms with E-state index in [0.717, 1.165) is 0 Å². The second-order valence-electron chi connectivity index (χ2n) is 2.13. The lowest BCUT2D eigenvalue weighted by molar-refractivity contribution is 0.810. The molecule has 0 unspecified atom stereocenters. The zero-order chi connectivity index (χ0) is 7.82. The standard InChI is InChI=1S/C8H16S2/c1-4-5-6-8(10-3)7-9-2/h7H,4-6H2,1-3H3. The molecule has 0 fully saturated rings. The third-order valence-electron chi connectivity index (χ3n) is 1.29. The van der Waals surface area contributed by atoms with Gasteiger partial charge in [-0.15, -0.1) is 23.5 Å². The summed E-state index contributed by atoms with van der Waals surface area (Å²) in [5.41, 5.74) is 0. The highest BCUT2D eigenvalue weighted by Gasteiger charge is 1.92. The minimum Gasteiger partial charge on any atom is -0.137 e. The molecule has 0 rings (SSSR count). The van der Waals surface area contributed by atoms with Gasteiger partial charge in [0, 0.05) is 0 Å². The molecule has 0 saturated heterocycles. The number of hydrogen-bond donors (Lipinski definition) is 0. The Morgan fingerprint density at radius 2 is 2.10 bits per heavy atom. The molecule has 0 N–H and O–H groups in total. The van der Waals surface area contributed by atoms with Gasteiger partial charge >= 0.3 is 0 Å². The molecule has 60 valence electrons. The molecule has 0 bridgehead atoms. The number of unbranched alkanes of at least 4 members (excludes halogenated alkanes) is 1. The lowest BCUT2D eigenvalue weighted by Gasteiger charge is -2.00. The van der Waals surface area contributed by atoms with E-state index < -0.39 is 0 Å². The van der Waals surface area contributed by atoms with E-state index in [4.69, 9.17) is 0 Å². The van der Waals surface area contributed by atoms with E-state index in [-0.39, 0.29) is 0 Å². The van der Waals surface area contributed by atoms with E-state index in [0.29, 0.717) is 0 Å². The van der Waals surface area contributed by atoms with Crippen LogP contribution in [0.2, 0.25) is 0 Å². The first-order valence-corrected chi connectivity index (χ1v) is 6.12. The quantitative estimate of drug-likeness (QED) is 0.626. The van der Waals surface area contributed by atoms with Crippen molar-refractivity contribution in [3.05, 3.63) is 10.3 Å². The van der Waals surface area contributed by atoms with Crippen LogP contribution in [0.25, 0.3) is 0 Å². The van der Waals surface area contributed by atoms with Crippen molar-refractivity contribution in [2.75, 3.05) is 12.5 Å². The van der Waals surface area contributed by atoms with Crippen molar-refractivity contribution in [1.82, 2.24) is 0 Å². The second-order valence-corrected chi connectivity index (χ2v) is 3.77. The van der Waals surface area contributed by atoms with E-state index in [9.17, 15) is 0 Å². The van der Waals surface area contributed by atoms with Crippen molar-refractivity contribution in [2.45, 2.75) is 26.2 Å². The van der Waals surface area contributed by atoms with Gasteiger partial charge in [0.05, 0.1) is 0 Å². The molecule has 0 aromatic carbocycles. The van der Waals surface area contributed by atoms with Crippen LogP contribution < -0.4 is 0 Å². The van der Waals surface area contributed by atoms with Gasteiger partial charge in [-0.1, -0.05) is 13.3 Å². The summed E-state index contributed by atoms with van der Waals surface area (Å²) < 4.78 is 0. The van der Waals surface area contributed by atoms with Gasteiger partial charge in [0.2, 0.25) is 0 Å². The Labute approximate surface area is 72.9 Å². The van der Waals surface area contributed by atoms with E-state index >= 15 is 0 Å². The molecule has 0 aliphatic heterocycles. The van der Waals surface area contributed by atoms with Gasteiger partial charge in [-0.25, -0.2) is 0 Å². The summed E-state index contributed by atoms with van der Waals surface area (Å²) in [6.45, 7) is 2.23. The molecule has 0 radical (unpaired) electrons. The smallest absolute Gasteiger partial charge is 0.00922 e. The fraction of sp³-hybridized carbons (Fsp3) is 0.750. The van der Waals surface area contributed by atoms with Crippen LogP contribution in [0.5, 0.6) is 0 Å². The number of thioether (sulfide) groups is 2. The third-order valence-corrected chi connectivity index (χ3v) is 2.80. The average molecular weight is 176 g/mol. The summed E-state index contributed by atoms with van der Waals surface area (Å²) >= 11 is 3.68. The molecule has 0 aromatic heterocycles. The Morgan fingerprint density at radius 3 is 2.50 bits per heavy atom. The van der Waals surface area contributed by atoms with Gasteiger partial charge in [-0.05, 0) is 35.7 Å². The Hall–Kier alpha value is 0.440. The van der Waals surface area contributed by atoms with Crippen LogP contribution in [-0.2, 0) is 0 Å². The molecule has 0 saturated carbocycles. The average Bonchev–Trinajstić information content (AvgIpc) is 1.98. The number of hydrogen-bond acceptors (Lipinski definition) is 2. The Kier molecular flexibility index (Phi) is 7.88. The van der Waals surface area contributed by atoms with Gasteiger partial charge in [-0.2, -0.15) is 0 Å². The summed E-state index contributed by atoms with van der Waals surface area (Å²) in [7, 11) is 0. The van der Waals surface area contributed by atoms with Crippen LogP contribution in [0.15, 0.2) is 10.3 Å². The van der Waals surface area contributed by atoms with E-state index in [1.165, 1.54) is 24.2 Å². The van der Waals surface area contributed by atoms with Crippen molar-refractivity contribution in [1.29, 1.82) is 0 Å².